The number of imide groups is 1. The number of piperidine rings is 1. The minimum absolute atomic E-state index is 0.0498. The number of carbonyl (C=O) groups is 8. The van der Waals surface area contributed by atoms with Crippen LogP contribution < -0.4 is 32.3 Å². The third-order valence-corrected chi connectivity index (χ3v) is 19.7. The molecule has 5 atom stereocenters. The molecular formula is C73H94F2N7O17P. The van der Waals surface area contributed by atoms with Crippen LogP contribution >= 0.6 is 7.60 Å². The Morgan fingerprint density at radius 1 is 0.750 bits per heavy atom. The van der Waals surface area contributed by atoms with Gasteiger partial charge in [0.05, 0.1) is 46.3 Å². The SMILES string of the molecule is C/C(=C\C(=O)N[C@H]1CCc2cccc3c2N(C1=O)[C@H](C(=O)NC(CCC(N)=O)[C@@H](C)OCc1ccc(CCCOCCCCCOCCCc2cccc4c2n(C)c(=O)n4C2CCC(=O)NC2=O)cc1)C3)c1ccc(C(F)(F)P(=O)(OCOC(=O)C(C)(C)C)OCOC(=O)C(C)(C)C)cc1. The lowest BCUT2D eigenvalue weighted by molar-refractivity contribution is -0.163. The Labute approximate surface area is 581 Å². The molecule has 0 bridgehead atoms. The second-order valence-electron chi connectivity index (χ2n) is 27.7. The number of carbonyl (C=O) groups excluding carboxylic acids is 8. The first-order valence-corrected chi connectivity index (χ1v) is 35.5. The van der Waals surface area contributed by atoms with Crippen LogP contribution in [-0.2, 0) is 121 Å². The largest absolute Gasteiger partial charge is 0.438 e. The summed E-state index contributed by atoms with van der Waals surface area (Å²) in [5.41, 5.74) is 5.23. The number of nitrogens with zero attached hydrogens (tertiary/aromatic N) is 3. The second kappa shape index (κ2) is 34.4. The Kier molecular flexibility index (Phi) is 26.7. The summed E-state index contributed by atoms with van der Waals surface area (Å²) in [5.74, 6) is -4.72. The highest BCUT2D eigenvalue weighted by Crippen LogP contribution is 2.67. The van der Waals surface area contributed by atoms with E-state index in [4.69, 9.17) is 38.5 Å². The maximum Gasteiger partial charge on any atom is 0.410 e. The summed E-state index contributed by atoms with van der Waals surface area (Å²) in [6.07, 6.45) is 7.82. The quantitative estimate of drug-likeness (QED) is 0.00732. The van der Waals surface area contributed by atoms with Gasteiger partial charge in [-0.05, 0) is 171 Å². The molecule has 1 fully saturated rings. The Balaban J connectivity index is 0.772. The summed E-state index contributed by atoms with van der Waals surface area (Å²) in [4.78, 5) is 119. The van der Waals surface area contributed by atoms with E-state index in [1.165, 1.54) is 69.2 Å². The molecule has 100 heavy (non-hydrogen) atoms. The Morgan fingerprint density at radius 3 is 1.97 bits per heavy atom. The highest BCUT2D eigenvalue weighted by atomic mass is 31.2. The zero-order valence-corrected chi connectivity index (χ0v) is 59.4. The van der Waals surface area contributed by atoms with Crippen LogP contribution in [0.15, 0.2) is 95.8 Å². The number of rotatable bonds is 35. The average Bonchev–Trinajstić information content (AvgIpc) is 1.61. The molecular weight excluding hydrogens is 1320 g/mol. The van der Waals surface area contributed by atoms with Crippen molar-refractivity contribution in [3.8, 4) is 0 Å². The van der Waals surface area contributed by atoms with E-state index in [-0.39, 0.29) is 56.7 Å². The van der Waals surface area contributed by atoms with Gasteiger partial charge in [-0.3, -0.25) is 71.3 Å². The molecule has 3 aliphatic heterocycles. The molecule has 0 saturated carbocycles. The number of ether oxygens (including phenoxy) is 5. The number of alkyl halides is 2. The summed E-state index contributed by atoms with van der Waals surface area (Å²) < 4.78 is 87.5. The summed E-state index contributed by atoms with van der Waals surface area (Å²) in [5, 5.41) is 8.21. The number of hydrogen-bond acceptors (Lipinski definition) is 17. The number of benzene rings is 4. The fourth-order valence-electron chi connectivity index (χ4n) is 12.1. The molecule has 3 aliphatic rings. The van der Waals surface area contributed by atoms with Crippen molar-refractivity contribution in [1.82, 2.24) is 25.1 Å². The van der Waals surface area contributed by atoms with Gasteiger partial charge < -0.3 is 40.1 Å². The van der Waals surface area contributed by atoms with Crippen LogP contribution in [0, 0.1) is 10.8 Å². The number of hydrogen-bond donors (Lipinski definition) is 4. The van der Waals surface area contributed by atoms with Gasteiger partial charge in [0.1, 0.15) is 18.1 Å². The molecule has 4 aromatic carbocycles. The molecule has 27 heteroatoms. The van der Waals surface area contributed by atoms with Gasteiger partial charge in [-0.15, -0.1) is 0 Å². The van der Waals surface area contributed by atoms with Crippen molar-refractivity contribution in [2.24, 2.45) is 23.6 Å². The van der Waals surface area contributed by atoms with Crippen LogP contribution in [0.2, 0.25) is 0 Å². The third-order valence-electron chi connectivity index (χ3n) is 17.9. The Bertz CT molecular complexity index is 3880. The number of fused-ring (bicyclic) bond motifs is 1. The third kappa shape index (κ3) is 19.8. The molecule has 8 rings (SSSR count). The number of primary amides is 1. The molecule has 1 aromatic heterocycles. The highest BCUT2D eigenvalue weighted by Gasteiger charge is 2.56. The zero-order valence-electron chi connectivity index (χ0n) is 58.5. The molecule has 4 heterocycles. The van der Waals surface area contributed by atoms with E-state index in [9.17, 15) is 47.7 Å². The van der Waals surface area contributed by atoms with Crippen LogP contribution in [0.4, 0.5) is 14.5 Å². The standard InChI is InChI=1S/C73H94F2N7O17P/c1-46(50-27-30-54(31-28-50)73(74,75)100(92,98-44-96-68(89)71(3,4)5)99-45-97-69(90)72(6,7)8)41-62(85)77-56-32-29-52-18-13-20-53-42-59(82(63(52)53)67(56)88)66(87)78-55(33-35-60(76)83)47(2)95-43-49-25-23-48(24-26-49)17-15-39-93-37-11-10-12-38-94-40-16-21-51-19-14-22-57-64(51)80(9)70(91)81(57)58-34-36-61(84)79-65(58)86/h13-14,18-20,22-28,30-31,41,47,55-56,58-59H,10-12,15-17,21,29,32-40,42-45H2,1-9H3,(H2,76,83)(H,77,85)(H,78,87)(H,79,84,86)/b46-41+/t47-,55?,56+,58?,59+/m1/s1. The van der Waals surface area contributed by atoms with Crippen molar-refractivity contribution in [2.75, 3.05) is 44.9 Å². The van der Waals surface area contributed by atoms with E-state index < -0.39 is 115 Å². The van der Waals surface area contributed by atoms with Crippen molar-refractivity contribution < 1.29 is 84.4 Å². The number of imidazole rings is 1. The summed E-state index contributed by atoms with van der Waals surface area (Å²) in [7, 11) is -3.90. The van der Waals surface area contributed by atoms with Gasteiger partial charge in [0.25, 0.3) is 0 Å². The fraction of sp³-hybridized carbons (Fsp3) is 0.521. The molecule has 6 amide bonds. The average molecular weight is 1410 g/mol. The van der Waals surface area contributed by atoms with Crippen LogP contribution in [0.3, 0.4) is 0 Å². The van der Waals surface area contributed by atoms with E-state index in [1.54, 1.807) is 25.5 Å². The van der Waals surface area contributed by atoms with Gasteiger partial charge in [-0.25, -0.2) is 4.79 Å². The number of amides is 6. The lowest BCUT2D eigenvalue weighted by Gasteiger charge is -2.31. The smallest absolute Gasteiger partial charge is 0.410 e. The lowest BCUT2D eigenvalue weighted by atomic mass is 9.98. The molecule has 1 saturated heterocycles. The number of halogens is 2. The zero-order chi connectivity index (χ0) is 72.7. The Morgan fingerprint density at radius 2 is 1.35 bits per heavy atom. The normalized spacial score (nSPS) is 17.3. The van der Waals surface area contributed by atoms with Crippen molar-refractivity contribution in [3.05, 3.63) is 140 Å². The monoisotopic (exact) mass is 1410 g/mol. The number of allylic oxidation sites excluding steroid dienone is 1. The van der Waals surface area contributed by atoms with E-state index in [2.05, 4.69) is 16.0 Å². The van der Waals surface area contributed by atoms with E-state index >= 15 is 8.78 Å². The van der Waals surface area contributed by atoms with Crippen molar-refractivity contribution in [3.63, 3.8) is 0 Å². The van der Waals surface area contributed by atoms with Gasteiger partial charge in [0.2, 0.25) is 49.0 Å². The number of nitrogens with two attached hydrogens (primary N) is 1. The molecule has 0 aliphatic carbocycles. The molecule has 5 aromatic rings. The van der Waals surface area contributed by atoms with Gasteiger partial charge >= 0.3 is 30.9 Å². The van der Waals surface area contributed by atoms with Crippen LogP contribution in [-0.4, -0.2) is 121 Å². The summed E-state index contributed by atoms with van der Waals surface area (Å²) in [6.45, 7) is 12.8. The lowest BCUT2D eigenvalue weighted by Crippen LogP contribution is -2.56. The predicted octanol–water partition coefficient (Wildman–Crippen LogP) is 9.60. The molecule has 0 spiro atoms. The number of nitrogens with one attached hydrogen (secondary N) is 3. The number of aromatic nitrogens is 2. The summed E-state index contributed by atoms with van der Waals surface area (Å²) in [6, 6.07) is 20.2. The van der Waals surface area contributed by atoms with Crippen molar-refractivity contribution in [2.45, 2.75) is 188 Å². The van der Waals surface area contributed by atoms with Gasteiger partial charge in [0, 0.05) is 64.4 Å². The number of anilines is 1. The molecule has 542 valence electrons. The number of aryl methyl sites for hydroxylation is 4. The maximum atomic E-state index is 16.3. The first kappa shape index (κ1) is 77.5. The molecule has 2 unspecified atom stereocenters. The van der Waals surface area contributed by atoms with Crippen LogP contribution in [0.1, 0.15) is 165 Å². The first-order valence-electron chi connectivity index (χ1n) is 34.0. The summed E-state index contributed by atoms with van der Waals surface area (Å²) >= 11 is 0. The van der Waals surface area contributed by atoms with Gasteiger partial charge in [0.15, 0.2) is 0 Å². The number of unbranched alkanes of at least 4 members (excludes halogenated alkanes) is 2. The van der Waals surface area contributed by atoms with E-state index in [0.717, 1.165) is 84.0 Å². The number of para-hydroxylation sites is 2. The minimum Gasteiger partial charge on any atom is -0.438 e. The van der Waals surface area contributed by atoms with Crippen LogP contribution in [0.25, 0.3) is 16.6 Å². The minimum atomic E-state index is -5.60. The Hall–Kier alpha value is -8.26. The predicted molar refractivity (Wildman–Crippen MR) is 368 cm³/mol. The number of esters is 2. The highest BCUT2D eigenvalue weighted by molar-refractivity contribution is 7.54. The fourth-order valence-corrected chi connectivity index (χ4v) is 13.4. The van der Waals surface area contributed by atoms with Crippen molar-refractivity contribution >= 4 is 77.3 Å². The molecule has 5 N–H and O–H groups in total. The van der Waals surface area contributed by atoms with E-state index in [0.29, 0.717) is 61.6 Å². The first-order chi connectivity index (χ1) is 47.4. The van der Waals surface area contributed by atoms with Gasteiger partial charge in [-0.1, -0.05) is 78.9 Å². The topological polar surface area (TPSA) is 311 Å². The molecule has 24 nitrogen and oxygen atoms in total. The van der Waals surface area contributed by atoms with E-state index in [1.807, 2.05) is 60.7 Å². The molecule has 0 radical (unpaired) electrons. The van der Waals surface area contributed by atoms with Gasteiger partial charge in [-0.2, -0.15) is 8.78 Å². The second-order valence-corrected chi connectivity index (χ2v) is 29.7. The van der Waals surface area contributed by atoms with Crippen molar-refractivity contribution in [1.29, 1.82) is 0 Å². The maximum absolute atomic E-state index is 16.3. The van der Waals surface area contributed by atoms with Crippen LogP contribution in [0.5, 0.6) is 0 Å².